The molecule has 166 valence electrons. The zero-order valence-corrected chi connectivity index (χ0v) is 20.1. The molecule has 0 bridgehead atoms. The van der Waals surface area contributed by atoms with Crippen LogP contribution in [-0.4, -0.2) is 54.3 Å². The van der Waals surface area contributed by atoms with Gasteiger partial charge in [0.15, 0.2) is 5.11 Å². The van der Waals surface area contributed by atoms with Gasteiger partial charge in [-0.05, 0) is 44.6 Å². The zero-order valence-electron chi connectivity index (χ0n) is 17.8. The summed E-state index contributed by atoms with van der Waals surface area (Å²) in [6.07, 6.45) is 1.60. The fourth-order valence-corrected chi connectivity index (χ4v) is 5.24. The number of aromatic nitrogens is 2. The van der Waals surface area contributed by atoms with Gasteiger partial charge in [0.2, 0.25) is 15.0 Å². The molecule has 0 aliphatic heterocycles. The van der Waals surface area contributed by atoms with Gasteiger partial charge in [0.1, 0.15) is 0 Å². The minimum absolute atomic E-state index is 0.00699. The average Bonchev–Trinajstić information content (AvgIpc) is 3.09. The van der Waals surface area contributed by atoms with Crippen LogP contribution in [0.25, 0.3) is 0 Å². The van der Waals surface area contributed by atoms with Crippen molar-refractivity contribution in [3.63, 3.8) is 0 Å². The summed E-state index contributed by atoms with van der Waals surface area (Å²) < 4.78 is 33.2. The van der Waals surface area contributed by atoms with Crippen LogP contribution in [0.15, 0.2) is 35.6 Å². The molecule has 1 N–H and O–H groups in total. The molecule has 1 aromatic heterocycles. The molecule has 0 aliphatic carbocycles. The molecule has 2 aromatic rings. The van der Waals surface area contributed by atoms with Gasteiger partial charge >= 0.3 is 0 Å². The maximum Gasteiger partial charge on any atom is 0.228 e. The first-order valence-corrected chi connectivity index (χ1v) is 12.2. The van der Waals surface area contributed by atoms with Crippen molar-refractivity contribution in [3.8, 4) is 0 Å². The van der Waals surface area contributed by atoms with E-state index in [1.165, 1.54) is 0 Å². The number of hydrogen-bond acceptors (Lipinski definition) is 5. The quantitative estimate of drug-likeness (QED) is 0.532. The Morgan fingerprint density at radius 3 is 2.67 bits per heavy atom. The van der Waals surface area contributed by atoms with Gasteiger partial charge in [-0.25, -0.2) is 13.4 Å². The Labute approximate surface area is 189 Å². The summed E-state index contributed by atoms with van der Waals surface area (Å²) in [4.78, 5) is 6.27. The second kappa shape index (κ2) is 11.1. The van der Waals surface area contributed by atoms with Gasteiger partial charge in [0.05, 0.1) is 30.8 Å². The van der Waals surface area contributed by atoms with Crippen molar-refractivity contribution < 1.29 is 13.2 Å². The van der Waals surface area contributed by atoms with E-state index in [4.69, 9.17) is 28.6 Å². The molecule has 0 unspecified atom stereocenters. The van der Waals surface area contributed by atoms with Crippen LogP contribution in [0, 0.1) is 0 Å². The van der Waals surface area contributed by atoms with E-state index in [1.807, 2.05) is 25.7 Å². The lowest BCUT2D eigenvalue weighted by Crippen LogP contribution is -2.43. The molecule has 1 heterocycles. The predicted molar refractivity (Wildman–Crippen MR) is 123 cm³/mol. The smallest absolute Gasteiger partial charge is 0.228 e. The van der Waals surface area contributed by atoms with Gasteiger partial charge in [-0.15, -0.1) is 0 Å². The first-order chi connectivity index (χ1) is 14.2. The monoisotopic (exact) mass is 472 g/mol. The molecule has 0 radical (unpaired) electrons. The Bertz CT molecular complexity index is 961. The van der Waals surface area contributed by atoms with Crippen molar-refractivity contribution in [2.45, 2.75) is 50.8 Å². The predicted octanol–water partition coefficient (Wildman–Crippen LogP) is 3.26. The normalized spacial score (nSPS) is 11.7. The Kier molecular flexibility index (Phi) is 9.09. The topological polar surface area (TPSA) is 76.5 Å². The number of rotatable bonds is 10. The molecule has 10 heteroatoms. The van der Waals surface area contributed by atoms with Crippen LogP contribution >= 0.6 is 23.8 Å². The number of thiocarbonyl (C=S) groups is 1. The molecule has 0 saturated heterocycles. The van der Waals surface area contributed by atoms with E-state index < -0.39 is 9.84 Å². The minimum Gasteiger partial charge on any atom is -0.383 e. The molecule has 0 aliphatic rings. The van der Waals surface area contributed by atoms with Crippen LogP contribution in [0.2, 0.25) is 5.02 Å². The zero-order chi connectivity index (χ0) is 22.3. The molecule has 7 nitrogen and oxygen atoms in total. The van der Waals surface area contributed by atoms with Crippen molar-refractivity contribution in [2.24, 2.45) is 0 Å². The Hall–Kier alpha value is -1.68. The lowest BCUT2D eigenvalue weighted by Gasteiger charge is -2.29. The lowest BCUT2D eigenvalue weighted by atomic mass is 10.2. The highest BCUT2D eigenvalue weighted by atomic mass is 35.5. The summed E-state index contributed by atoms with van der Waals surface area (Å²) in [5.41, 5.74) is 1.29. The Morgan fingerprint density at radius 1 is 1.37 bits per heavy atom. The Morgan fingerprint density at radius 2 is 2.07 bits per heavy atom. The van der Waals surface area contributed by atoms with Crippen LogP contribution in [0.5, 0.6) is 0 Å². The van der Waals surface area contributed by atoms with E-state index in [-0.39, 0.29) is 17.0 Å². The summed E-state index contributed by atoms with van der Waals surface area (Å²) >= 11 is 11.7. The van der Waals surface area contributed by atoms with Crippen molar-refractivity contribution in [1.29, 1.82) is 0 Å². The van der Waals surface area contributed by atoms with E-state index in [0.29, 0.717) is 41.9 Å². The van der Waals surface area contributed by atoms with Gasteiger partial charge in [-0.3, -0.25) is 0 Å². The molecule has 2 rings (SSSR count). The van der Waals surface area contributed by atoms with E-state index in [2.05, 4.69) is 10.3 Å². The molecular formula is C20H29ClN4O3S2. The third-order valence-electron chi connectivity index (χ3n) is 4.55. The number of nitrogens with zero attached hydrogens (tertiary/aromatic N) is 3. The highest BCUT2D eigenvalue weighted by Crippen LogP contribution is 2.23. The van der Waals surface area contributed by atoms with Crippen LogP contribution in [0.4, 0.5) is 0 Å². The van der Waals surface area contributed by atoms with E-state index >= 15 is 0 Å². The number of nitrogens with one attached hydrogen (secondary N) is 1. The largest absolute Gasteiger partial charge is 0.383 e. The molecule has 1 aromatic carbocycles. The van der Waals surface area contributed by atoms with Gasteiger partial charge < -0.3 is 19.5 Å². The van der Waals surface area contributed by atoms with Crippen molar-refractivity contribution in [3.05, 3.63) is 46.7 Å². The summed E-state index contributed by atoms with van der Waals surface area (Å²) in [6, 6.07) is 7.05. The van der Waals surface area contributed by atoms with Crippen molar-refractivity contribution in [1.82, 2.24) is 19.8 Å². The molecule has 0 spiro atoms. The molecule has 30 heavy (non-hydrogen) atoms. The highest BCUT2D eigenvalue weighted by Gasteiger charge is 2.26. The van der Waals surface area contributed by atoms with Crippen LogP contribution < -0.4 is 5.32 Å². The Balaban J connectivity index is 2.40. The maximum absolute atomic E-state index is 13.2. The first kappa shape index (κ1) is 24.6. The summed E-state index contributed by atoms with van der Waals surface area (Å²) in [5, 5.41) is 4.20. The molecule has 0 atom stereocenters. The molecule has 0 fully saturated rings. The number of hydrogen-bond donors (Lipinski definition) is 1. The fourth-order valence-electron chi connectivity index (χ4n) is 2.99. The minimum atomic E-state index is -3.72. The van der Waals surface area contributed by atoms with Gasteiger partial charge in [0.25, 0.3) is 0 Å². The number of halogens is 1. The van der Waals surface area contributed by atoms with Crippen LogP contribution in [0.3, 0.4) is 0 Å². The number of methoxy groups -OCH3 is 1. The van der Waals surface area contributed by atoms with Crippen molar-refractivity contribution in [2.75, 3.05) is 20.3 Å². The second-order valence-electron chi connectivity index (χ2n) is 7.08. The summed E-state index contributed by atoms with van der Waals surface area (Å²) in [5.74, 6) is -0.222. The van der Waals surface area contributed by atoms with E-state index in [9.17, 15) is 8.42 Å². The average molecular weight is 473 g/mol. The molecule has 0 amide bonds. The SMILES string of the molecule is CCNC(=S)N(Cc1cnc(S(=O)(=O)Cc2ccccc2Cl)n1CCOC)C(C)C. The standard InChI is InChI=1S/C20H29ClN4O3S2/c1-5-22-19(29)25(15(2)3)13-17-12-23-20(24(17)10-11-28-4)30(26,27)14-16-8-6-7-9-18(16)21/h6-9,12,15H,5,10-11,13-14H2,1-4H3,(H,22,29). The number of sulfone groups is 1. The molecular weight excluding hydrogens is 444 g/mol. The third kappa shape index (κ3) is 6.16. The van der Waals surface area contributed by atoms with Crippen molar-refractivity contribution >= 4 is 38.8 Å². The first-order valence-electron chi connectivity index (χ1n) is 9.75. The lowest BCUT2D eigenvalue weighted by molar-refractivity contribution is 0.182. The van der Waals surface area contributed by atoms with Gasteiger partial charge in [-0.1, -0.05) is 29.8 Å². The number of benzene rings is 1. The number of imidazole rings is 1. The van der Waals surface area contributed by atoms with E-state index in [1.54, 1.807) is 42.1 Å². The third-order valence-corrected chi connectivity index (χ3v) is 6.87. The maximum atomic E-state index is 13.2. The fraction of sp³-hybridized carbons (Fsp3) is 0.500. The summed E-state index contributed by atoms with van der Waals surface area (Å²) in [7, 11) is -2.14. The highest BCUT2D eigenvalue weighted by molar-refractivity contribution is 7.90. The van der Waals surface area contributed by atoms with Gasteiger partial charge in [0, 0.05) is 31.3 Å². The van der Waals surface area contributed by atoms with E-state index in [0.717, 1.165) is 5.69 Å². The number of ether oxygens (including phenoxy) is 1. The second-order valence-corrected chi connectivity index (χ2v) is 9.76. The van der Waals surface area contributed by atoms with Gasteiger partial charge in [-0.2, -0.15) is 0 Å². The van der Waals surface area contributed by atoms with Crippen LogP contribution in [0.1, 0.15) is 32.0 Å². The molecule has 0 saturated carbocycles. The van der Waals surface area contributed by atoms with Crippen LogP contribution in [-0.2, 0) is 33.4 Å². The summed E-state index contributed by atoms with van der Waals surface area (Å²) in [6.45, 7) is 7.92.